The van der Waals surface area contributed by atoms with E-state index >= 15 is 0 Å². The molecule has 1 aromatic heterocycles. The van der Waals surface area contributed by atoms with Crippen LogP contribution in [-0.4, -0.2) is 76.7 Å². The zero-order valence-corrected chi connectivity index (χ0v) is 26.3. The zero-order valence-electron chi connectivity index (χ0n) is 25.5. The summed E-state index contributed by atoms with van der Waals surface area (Å²) in [4.78, 5) is 29.2. The summed E-state index contributed by atoms with van der Waals surface area (Å²) in [5.41, 5.74) is 1.63. The standard InChI is InChI=1S/C31H49N5O6S/c1-3-4-17-33-43(41,42)21-28(37)30(39)27(19-25-13-9-6-10-14-25)34-23(2)18-26-20-36(22-32-26)31(40)35-29(38)16-15-24-11-7-5-8-12-24/h5,7-8,11-12,20,22-23,25,27-28,30,33-34,37,39H,3-4,6,9-10,13-19,21H2,1-2H3,(H,35,38,40)/t23?,27-,28-,30-/m0/s1. The number of rotatable bonds is 17. The number of hydrogen-bond donors (Lipinski definition) is 5. The molecular formula is C31H49N5O6S. The lowest BCUT2D eigenvalue weighted by Gasteiger charge is -2.34. The number of aromatic nitrogens is 2. The van der Waals surface area contributed by atoms with E-state index in [1.165, 1.54) is 17.3 Å². The van der Waals surface area contributed by atoms with Crippen LogP contribution in [0.5, 0.6) is 0 Å². The highest BCUT2D eigenvalue weighted by Crippen LogP contribution is 2.28. The van der Waals surface area contributed by atoms with Crippen molar-refractivity contribution in [2.24, 2.45) is 5.92 Å². The molecule has 2 amide bonds. The molecule has 43 heavy (non-hydrogen) atoms. The van der Waals surface area contributed by atoms with Gasteiger partial charge < -0.3 is 15.5 Å². The predicted octanol–water partition coefficient (Wildman–Crippen LogP) is 2.90. The van der Waals surface area contributed by atoms with Crippen LogP contribution in [-0.2, 0) is 27.7 Å². The Balaban J connectivity index is 1.56. The molecule has 1 fully saturated rings. The summed E-state index contributed by atoms with van der Waals surface area (Å²) in [6, 6.07) is 8.27. The van der Waals surface area contributed by atoms with Crippen molar-refractivity contribution >= 4 is 22.0 Å². The number of aryl methyl sites for hydroxylation is 1. The number of carbonyl (C=O) groups excluding carboxylic acids is 2. The Labute approximate surface area is 255 Å². The molecule has 1 aliphatic carbocycles. The quantitative estimate of drug-likeness (QED) is 0.169. The highest BCUT2D eigenvalue weighted by Gasteiger charge is 2.33. The number of unbranched alkanes of at least 4 members (excludes halogenated alkanes) is 1. The second-order valence-electron chi connectivity index (χ2n) is 11.8. The molecule has 12 heteroatoms. The van der Waals surface area contributed by atoms with Crippen molar-refractivity contribution in [2.75, 3.05) is 12.3 Å². The second kappa shape index (κ2) is 17.6. The molecule has 1 unspecified atom stereocenters. The summed E-state index contributed by atoms with van der Waals surface area (Å²) in [7, 11) is -3.74. The maximum atomic E-state index is 12.6. The Morgan fingerprint density at radius 1 is 1.12 bits per heavy atom. The summed E-state index contributed by atoms with van der Waals surface area (Å²) in [5.74, 6) is -0.569. The third kappa shape index (κ3) is 12.5. The first-order chi connectivity index (χ1) is 20.6. The maximum absolute atomic E-state index is 12.6. The average molecular weight is 620 g/mol. The van der Waals surface area contributed by atoms with Crippen molar-refractivity contribution in [2.45, 2.75) is 109 Å². The normalized spacial score (nSPS) is 17.2. The molecular weight excluding hydrogens is 570 g/mol. The van der Waals surface area contributed by atoms with Gasteiger partial charge in [0.2, 0.25) is 15.9 Å². The van der Waals surface area contributed by atoms with Crippen molar-refractivity contribution in [3.8, 4) is 0 Å². The van der Waals surface area contributed by atoms with Crippen molar-refractivity contribution in [1.29, 1.82) is 0 Å². The number of nitrogens with zero attached hydrogens (tertiary/aromatic N) is 2. The van der Waals surface area contributed by atoms with E-state index in [1.54, 1.807) is 6.20 Å². The Morgan fingerprint density at radius 3 is 2.53 bits per heavy atom. The van der Waals surface area contributed by atoms with Gasteiger partial charge in [0.25, 0.3) is 0 Å². The Morgan fingerprint density at radius 2 is 1.84 bits per heavy atom. The van der Waals surface area contributed by atoms with Crippen LogP contribution < -0.4 is 15.4 Å². The van der Waals surface area contributed by atoms with Crippen LogP contribution in [0.2, 0.25) is 0 Å². The van der Waals surface area contributed by atoms with E-state index in [1.807, 2.05) is 44.2 Å². The molecule has 1 heterocycles. The van der Waals surface area contributed by atoms with Gasteiger partial charge in [-0.05, 0) is 37.7 Å². The fourth-order valence-electron chi connectivity index (χ4n) is 5.61. The number of imidazole rings is 1. The smallest absolute Gasteiger partial charge is 0.333 e. The molecule has 1 aromatic carbocycles. The minimum absolute atomic E-state index is 0.185. The number of imide groups is 1. The van der Waals surface area contributed by atoms with Gasteiger partial charge in [0.1, 0.15) is 6.33 Å². The summed E-state index contributed by atoms with van der Waals surface area (Å²) in [6.07, 6.45) is 8.99. The van der Waals surface area contributed by atoms with Gasteiger partial charge in [0.05, 0.1) is 23.7 Å². The lowest BCUT2D eigenvalue weighted by molar-refractivity contribution is -0.119. The molecule has 3 rings (SSSR count). The van der Waals surface area contributed by atoms with Gasteiger partial charge in [-0.1, -0.05) is 75.8 Å². The summed E-state index contributed by atoms with van der Waals surface area (Å²) in [5, 5.41) is 27.7. The first-order valence-electron chi connectivity index (χ1n) is 15.6. The van der Waals surface area contributed by atoms with Crippen LogP contribution in [0.3, 0.4) is 0 Å². The summed E-state index contributed by atoms with van der Waals surface area (Å²) >= 11 is 0. The molecule has 0 saturated heterocycles. The first-order valence-corrected chi connectivity index (χ1v) is 17.2. The van der Waals surface area contributed by atoms with Crippen LogP contribution in [0.15, 0.2) is 42.9 Å². The van der Waals surface area contributed by atoms with E-state index in [9.17, 15) is 28.2 Å². The molecule has 0 spiro atoms. The minimum Gasteiger partial charge on any atom is -0.389 e. The van der Waals surface area contributed by atoms with Crippen LogP contribution in [0, 0.1) is 5.92 Å². The maximum Gasteiger partial charge on any atom is 0.333 e. The molecule has 11 nitrogen and oxygen atoms in total. The van der Waals surface area contributed by atoms with Gasteiger partial charge in [0.15, 0.2) is 0 Å². The van der Waals surface area contributed by atoms with Gasteiger partial charge in [-0.25, -0.2) is 22.9 Å². The molecule has 0 radical (unpaired) electrons. The van der Waals surface area contributed by atoms with E-state index in [0.29, 0.717) is 43.8 Å². The number of aliphatic hydroxyl groups is 2. The molecule has 5 N–H and O–H groups in total. The largest absolute Gasteiger partial charge is 0.389 e. The van der Waals surface area contributed by atoms with Crippen molar-refractivity contribution in [1.82, 2.24) is 24.9 Å². The van der Waals surface area contributed by atoms with Crippen LogP contribution in [0.4, 0.5) is 4.79 Å². The summed E-state index contributed by atoms with van der Waals surface area (Å²) in [6.45, 7) is 4.18. The minimum atomic E-state index is -3.74. The fourth-order valence-corrected chi connectivity index (χ4v) is 6.83. The predicted molar refractivity (Wildman–Crippen MR) is 166 cm³/mol. The Kier molecular flexibility index (Phi) is 14.3. The topological polar surface area (TPSA) is 163 Å². The molecule has 0 aliphatic heterocycles. The molecule has 1 aliphatic rings. The number of hydrogen-bond acceptors (Lipinski definition) is 8. The van der Waals surface area contributed by atoms with Crippen molar-refractivity contribution in [3.63, 3.8) is 0 Å². The molecule has 1 saturated carbocycles. The van der Waals surface area contributed by atoms with Gasteiger partial charge in [-0.15, -0.1) is 0 Å². The van der Waals surface area contributed by atoms with E-state index < -0.39 is 40.1 Å². The van der Waals surface area contributed by atoms with Crippen LogP contribution in [0.25, 0.3) is 0 Å². The number of benzene rings is 1. The van der Waals surface area contributed by atoms with Crippen molar-refractivity contribution < 1.29 is 28.2 Å². The molecule has 2 aromatic rings. The molecule has 0 bridgehead atoms. The first kappa shape index (κ1) is 34.8. The fraction of sp³-hybridized carbons (Fsp3) is 0.645. The van der Waals surface area contributed by atoms with Crippen LogP contribution >= 0.6 is 0 Å². The molecule has 4 atom stereocenters. The van der Waals surface area contributed by atoms with Gasteiger partial charge >= 0.3 is 6.03 Å². The zero-order chi connectivity index (χ0) is 31.2. The second-order valence-corrected chi connectivity index (χ2v) is 13.7. The van der Waals surface area contributed by atoms with Crippen molar-refractivity contribution in [3.05, 3.63) is 54.1 Å². The SMILES string of the molecule is CCCCNS(=O)(=O)C[C@H](O)[C@@H](O)[C@H](CC1CCCCC1)NC(C)Cc1cn(C(=O)NC(=O)CCc2ccccc2)cn1. The Bertz CT molecular complexity index is 1230. The molecule has 240 valence electrons. The lowest BCUT2D eigenvalue weighted by atomic mass is 9.83. The highest BCUT2D eigenvalue weighted by molar-refractivity contribution is 7.89. The van der Waals surface area contributed by atoms with E-state index in [0.717, 1.165) is 37.7 Å². The van der Waals surface area contributed by atoms with E-state index in [2.05, 4.69) is 20.3 Å². The average Bonchev–Trinajstić information content (AvgIpc) is 3.44. The third-order valence-corrected chi connectivity index (χ3v) is 9.40. The van der Waals surface area contributed by atoms with Gasteiger partial charge in [-0.2, -0.15) is 0 Å². The van der Waals surface area contributed by atoms with Crippen LogP contribution in [0.1, 0.15) is 82.9 Å². The third-order valence-electron chi connectivity index (χ3n) is 7.98. The number of sulfonamides is 1. The summed E-state index contributed by atoms with van der Waals surface area (Å²) < 4.78 is 28.6. The number of nitrogens with one attached hydrogen (secondary N) is 3. The monoisotopic (exact) mass is 619 g/mol. The number of amides is 2. The Hall–Kier alpha value is -2.64. The van der Waals surface area contributed by atoms with Gasteiger partial charge in [-0.3, -0.25) is 14.7 Å². The number of carbonyl (C=O) groups is 2. The van der Waals surface area contributed by atoms with E-state index in [-0.39, 0.29) is 18.4 Å². The lowest BCUT2D eigenvalue weighted by Crippen LogP contribution is -2.53. The highest BCUT2D eigenvalue weighted by atomic mass is 32.2. The van der Waals surface area contributed by atoms with Gasteiger partial charge in [0, 0.05) is 37.7 Å². The number of aliphatic hydroxyl groups excluding tert-OH is 2. The van der Waals surface area contributed by atoms with E-state index in [4.69, 9.17) is 0 Å².